The van der Waals surface area contributed by atoms with Gasteiger partial charge in [-0.05, 0) is 12.8 Å². The topological polar surface area (TPSA) is 16.6 Å². The van der Waals surface area contributed by atoms with Gasteiger partial charge < -0.3 is 5.32 Å². The molecule has 4 aromatic rings. The summed E-state index contributed by atoms with van der Waals surface area (Å²) in [4.78, 5) is 0. The van der Waals surface area contributed by atoms with Gasteiger partial charge in [0.05, 0.1) is 13.6 Å². The smallest absolute Gasteiger partial charge is 0.200 e. The highest BCUT2D eigenvalue weighted by Crippen LogP contribution is 2.30. The molecule has 0 spiro atoms. The summed E-state index contributed by atoms with van der Waals surface area (Å²) in [5.41, 5.74) is -14.3. The number of halogens is 20. The molecule has 0 saturated carbocycles. The lowest BCUT2D eigenvalue weighted by atomic mass is 9.12. The minimum atomic E-state index is -7.22. The highest BCUT2D eigenvalue weighted by atomic mass is 19.2. The van der Waals surface area contributed by atoms with Crippen LogP contribution >= 0.6 is 0 Å². The molecule has 0 bridgehead atoms. The second-order valence-electron chi connectivity index (χ2n) is 13.9. The zero-order valence-electron chi connectivity index (χ0n) is 31.9. The van der Waals surface area contributed by atoms with Crippen LogP contribution in [-0.2, 0) is 0 Å². The highest BCUT2D eigenvalue weighted by molar-refractivity contribution is 7.20. The lowest BCUT2D eigenvalue weighted by molar-refractivity contribution is -0.627. The number of hydrogen-bond acceptors (Lipinski definition) is 0. The number of benzene rings is 4. The van der Waals surface area contributed by atoms with Crippen molar-refractivity contribution in [2.24, 2.45) is 0 Å². The van der Waals surface area contributed by atoms with Crippen LogP contribution in [0.25, 0.3) is 0 Å². The van der Waals surface area contributed by atoms with Crippen molar-refractivity contribution in [2.45, 2.75) is 84.0 Å². The van der Waals surface area contributed by atoms with Gasteiger partial charge in [0.25, 0.3) is 0 Å². The first-order valence-corrected chi connectivity index (χ1v) is 18.6. The SMILES string of the molecule is CCCCCCCCCCCCCC[NH2+]C.Fc1c(F)c(F)c([B-](c2c(F)c(F)c(F)c(F)c2F)(c2c(F)c(F)c(F)c(F)c2F)c2c(F)c(F)c(F)c(F)c2F)c(F)c1F. The third-order valence-corrected chi connectivity index (χ3v) is 10.1. The molecule has 4 rings (SSSR count). The summed E-state index contributed by atoms with van der Waals surface area (Å²) in [5, 5.41) is 2.29. The summed E-state index contributed by atoms with van der Waals surface area (Å²) in [6.45, 7) is 3.60. The van der Waals surface area contributed by atoms with Crippen molar-refractivity contribution in [3.8, 4) is 0 Å². The maximum absolute atomic E-state index is 15.4. The van der Waals surface area contributed by atoms with Crippen molar-refractivity contribution in [3.05, 3.63) is 116 Å². The van der Waals surface area contributed by atoms with Gasteiger partial charge in [-0.1, -0.05) is 71.1 Å². The van der Waals surface area contributed by atoms with Gasteiger partial charge in [-0.2, -0.15) is 0 Å². The van der Waals surface area contributed by atoms with Gasteiger partial charge in [0, 0.05) is 0 Å². The first-order valence-electron chi connectivity index (χ1n) is 18.6. The molecule has 0 atom stereocenters. The standard InChI is InChI=1S/C24BF20.C15H33N/c26-5-1(6(27)14(35)21(42)13(5)34)25(2-7(28)15(36)22(43)16(37)8(2)29,3-9(30)17(38)23(44)18(39)10(3)31)4-11(32)19(40)24(45)20(41)12(4)33;1-3-4-5-6-7-8-9-10-11-12-13-14-15-16-2/h;16H,3-15H2,1-2H3/q-1;/p+1. The van der Waals surface area contributed by atoms with E-state index in [2.05, 4.69) is 19.3 Å². The van der Waals surface area contributed by atoms with Crippen molar-refractivity contribution in [1.82, 2.24) is 0 Å². The van der Waals surface area contributed by atoms with E-state index in [-0.39, 0.29) is 0 Å². The van der Waals surface area contributed by atoms with Gasteiger partial charge in [-0.25, -0.2) is 87.8 Å². The van der Waals surface area contributed by atoms with Gasteiger partial charge in [0.1, 0.15) is 52.7 Å². The Morgan fingerprint density at radius 1 is 0.262 bits per heavy atom. The predicted molar refractivity (Wildman–Crippen MR) is 183 cm³/mol. The van der Waals surface area contributed by atoms with Crippen molar-refractivity contribution in [3.63, 3.8) is 0 Å². The summed E-state index contributed by atoms with van der Waals surface area (Å²) in [7, 11) is 2.17. The fourth-order valence-electron chi connectivity index (χ4n) is 7.06. The molecule has 1 nitrogen and oxygen atoms in total. The second kappa shape index (κ2) is 21.5. The van der Waals surface area contributed by atoms with Gasteiger partial charge in [0.15, 0.2) is 69.8 Å². The predicted octanol–water partition coefficient (Wildman–Crippen LogP) is 9.73. The van der Waals surface area contributed by atoms with Gasteiger partial charge >= 0.3 is 0 Å². The van der Waals surface area contributed by atoms with Crippen molar-refractivity contribution in [1.29, 1.82) is 0 Å². The average Bonchev–Trinajstić information content (AvgIpc) is 3.24. The van der Waals surface area contributed by atoms with Crippen LogP contribution in [0.5, 0.6) is 0 Å². The Bertz CT molecular complexity index is 1820. The monoisotopic (exact) mass is 907 g/mol. The summed E-state index contributed by atoms with van der Waals surface area (Å²) in [5.74, 6) is -71.4. The molecule has 0 saturated heterocycles. The van der Waals surface area contributed by atoms with E-state index in [9.17, 15) is 52.7 Å². The molecule has 61 heavy (non-hydrogen) atoms. The normalized spacial score (nSPS) is 11.7. The zero-order valence-corrected chi connectivity index (χ0v) is 31.9. The van der Waals surface area contributed by atoms with Crippen LogP contribution < -0.4 is 27.2 Å². The summed E-state index contributed by atoms with van der Waals surface area (Å²) in [6.07, 6.45) is 10.2. The Balaban J connectivity index is 0.000000525. The minimum Gasteiger partial charge on any atom is -0.349 e. The van der Waals surface area contributed by atoms with Crippen LogP contribution in [-0.4, -0.2) is 19.7 Å². The third kappa shape index (κ3) is 9.62. The Morgan fingerprint density at radius 3 is 0.607 bits per heavy atom. The quantitative estimate of drug-likeness (QED) is 0.0358. The van der Waals surface area contributed by atoms with E-state index in [0.29, 0.717) is 0 Å². The Kier molecular flexibility index (Phi) is 18.0. The number of hydrogen-bond donors (Lipinski definition) is 1. The molecule has 0 unspecified atom stereocenters. The van der Waals surface area contributed by atoms with E-state index in [1.54, 1.807) is 0 Å². The summed E-state index contributed by atoms with van der Waals surface area (Å²) in [6, 6.07) is 0. The third-order valence-electron chi connectivity index (χ3n) is 10.1. The molecule has 22 heteroatoms. The molecule has 0 aliphatic heterocycles. The molecular weight excluding hydrogens is 873 g/mol. The van der Waals surface area contributed by atoms with Crippen LogP contribution in [0.15, 0.2) is 0 Å². The fourth-order valence-corrected chi connectivity index (χ4v) is 7.06. The van der Waals surface area contributed by atoms with E-state index in [1.807, 2.05) is 0 Å². The first kappa shape index (κ1) is 50.9. The minimum absolute atomic E-state index is 1.32. The molecule has 4 aromatic carbocycles. The summed E-state index contributed by atoms with van der Waals surface area (Å²) < 4.78 is 294. The van der Waals surface area contributed by atoms with Crippen molar-refractivity contribution in [2.75, 3.05) is 13.6 Å². The fraction of sp³-hybridized carbons (Fsp3) is 0.385. The molecule has 0 radical (unpaired) electrons. The van der Waals surface area contributed by atoms with Gasteiger partial charge in [0.2, 0.25) is 0 Å². The number of quaternary nitrogens is 1. The maximum Gasteiger partial charge on any atom is 0.200 e. The Labute approximate surface area is 335 Å². The highest BCUT2D eigenvalue weighted by Gasteiger charge is 2.52. The molecule has 0 aliphatic carbocycles. The van der Waals surface area contributed by atoms with E-state index in [0.717, 1.165) is 0 Å². The molecule has 0 amide bonds. The van der Waals surface area contributed by atoms with Crippen LogP contribution in [0.3, 0.4) is 0 Å². The molecule has 0 fully saturated rings. The Morgan fingerprint density at radius 2 is 0.426 bits per heavy atom. The lowest BCUT2D eigenvalue weighted by Crippen LogP contribution is -2.81. The molecule has 0 aliphatic rings. The van der Waals surface area contributed by atoms with Crippen LogP contribution in [0.1, 0.15) is 84.0 Å². The number of unbranched alkanes of at least 4 members (excludes halogenated alkanes) is 11. The molecule has 338 valence electrons. The maximum atomic E-state index is 15.4. The van der Waals surface area contributed by atoms with Crippen LogP contribution in [0.4, 0.5) is 87.8 Å². The van der Waals surface area contributed by atoms with E-state index >= 15 is 35.1 Å². The van der Waals surface area contributed by atoms with Gasteiger partial charge in [-0.3, -0.25) is 0 Å². The summed E-state index contributed by atoms with van der Waals surface area (Å²) >= 11 is 0. The lowest BCUT2D eigenvalue weighted by Gasteiger charge is -2.44. The number of nitrogens with two attached hydrogens (primary N) is 1. The van der Waals surface area contributed by atoms with E-state index in [4.69, 9.17) is 0 Å². The Hall–Kier alpha value is -4.50. The average molecular weight is 907 g/mol. The van der Waals surface area contributed by atoms with E-state index in [1.165, 1.54) is 83.6 Å². The van der Waals surface area contributed by atoms with Crippen molar-refractivity contribution < 1.29 is 93.1 Å². The zero-order chi connectivity index (χ0) is 46.3. The second-order valence-corrected chi connectivity index (χ2v) is 13.9. The largest absolute Gasteiger partial charge is 0.349 e. The molecule has 2 N–H and O–H groups in total. The van der Waals surface area contributed by atoms with Crippen LogP contribution in [0, 0.1) is 116 Å². The van der Waals surface area contributed by atoms with E-state index < -0.39 is 144 Å². The molecular formula is C39H34BF20N. The van der Waals surface area contributed by atoms with Gasteiger partial charge in [-0.15, -0.1) is 21.9 Å². The number of rotatable bonds is 17. The molecule has 0 aromatic heterocycles. The van der Waals surface area contributed by atoms with Crippen LogP contribution in [0.2, 0.25) is 0 Å². The van der Waals surface area contributed by atoms with Crippen molar-refractivity contribution >= 4 is 28.0 Å². The first-order chi connectivity index (χ1) is 28.6. The molecule has 0 heterocycles.